The maximum Gasteiger partial charge on any atom is 0.0869 e. The quantitative estimate of drug-likeness (QED) is 0.732. The van der Waals surface area contributed by atoms with Gasteiger partial charge in [-0.3, -0.25) is 0 Å². The molecule has 2 N–H and O–H groups in total. The summed E-state index contributed by atoms with van der Waals surface area (Å²) in [6, 6.07) is 0.564. The van der Waals surface area contributed by atoms with E-state index >= 15 is 0 Å². The van der Waals surface area contributed by atoms with Crippen molar-refractivity contribution < 1.29 is 5.11 Å². The second-order valence-corrected chi connectivity index (χ2v) is 6.05. The molecule has 2 atom stereocenters. The van der Waals surface area contributed by atoms with E-state index in [9.17, 15) is 5.11 Å². The van der Waals surface area contributed by atoms with Gasteiger partial charge in [-0.05, 0) is 60.4 Å². The maximum absolute atomic E-state index is 10.2. The highest BCUT2D eigenvalue weighted by molar-refractivity contribution is 4.82. The summed E-state index contributed by atoms with van der Waals surface area (Å²) in [5.41, 5.74) is -0.637. The Balaban J connectivity index is 2.29. The van der Waals surface area contributed by atoms with Crippen molar-refractivity contribution in [3.05, 3.63) is 0 Å². The van der Waals surface area contributed by atoms with Gasteiger partial charge in [-0.2, -0.15) is 0 Å². The minimum atomic E-state index is -0.637. The van der Waals surface area contributed by atoms with Gasteiger partial charge < -0.3 is 20.2 Å². The lowest BCUT2D eigenvalue weighted by molar-refractivity contribution is 0.0309. The van der Waals surface area contributed by atoms with Crippen LogP contribution in [0.5, 0.6) is 0 Å². The predicted molar refractivity (Wildman–Crippen MR) is 72.3 cm³/mol. The summed E-state index contributed by atoms with van der Waals surface area (Å²) in [6.07, 6.45) is 3.67. The Kier molecular flexibility index (Phi) is 5.86. The first-order valence-corrected chi connectivity index (χ1v) is 6.68. The predicted octanol–water partition coefficient (Wildman–Crippen LogP) is 0.373. The Morgan fingerprint density at radius 1 is 1.35 bits per heavy atom. The molecule has 1 aliphatic rings. The number of rotatable bonds is 5. The summed E-state index contributed by atoms with van der Waals surface area (Å²) in [4.78, 5) is 4.42. The largest absolute Gasteiger partial charge is 0.388 e. The van der Waals surface area contributed by atoms with Crippen molar-refractivity contribution in [3.63, 3.8) is 0 Å². The van der Waals surface area contributed by atoms with E-state index in [1.165, 1.54) is 25.8 Å². The summed E-state index contributed by atoms with van der Waals surface area (Å²) in [6.45, 7) is 5.65. The van der Waals surface area contributed by atoms with Gasteiger partial charge in [0.15, 0.2) is 0 Å². The van der Waals surface area contributed by atoms with Crippen LogP contribution in [0.15, 0.2) is 0 Å². The fourth-order valence-electron chi connectivity index (χ4n) is 2.55. The van der Waals surface area contributed by atoms with Crippen LogP contribution in [0.3, 0.4) is 0 Å². The van der Waals surface area contributed by atoms with E-state index in [1.54, 1.807) is 0 Å². The average molecular weight is 243 g/mol. The van der Waals surface area contributed by atoms with Crippen LogP contribution in [0.1, 0.15) is 26.2 Å². The molecule has 0 bridgehead atoms. The summed E-state index contributed by atoms with van der Waals surface area (Å²) < 4.78 is 0. The van der Waals surface area contributed by atoms with Crippen LogP contribution in [-0.4, -0.2) is 73.9 Å². The van der Waals surface area contributed by atoms with Crippen molar-refractivity contribution >= 4 is 0 Å². The van der Waals surface area contributed by atoms with Crippen LogP contribution < -0.4 is 5.32 Å². The van der Waals surface area contributed by atoms with E-state index in [2.05, 4.69) is 17.3 Å². The molecule has 4 nitrogen and oxygen atoms in total. The zero-order valence-corrected chi connectivity index (χ0v) is 11.9. The molecule has 2 unspecified atom stereocenters. The molecule has 1 heterocycles. The molecule has 4 heteroatoms. The topological polar surface area (TPSA) is 38.7 Å². The molecule has 0 aromatic heterocycles. The second kappa shape index (κ2) is 6.69. The monoisotopic (exact) mass is 243 g/mol. The molecule has 1 saturated heterocycles. The zero-order chi connectivity index (χ0) is 12.9. The third-order valence-corrected chi connectivity index (χ3v) is 3.38. The molecule has 1 fully saturated rings. The van der Waals surface area contributed by atoms with Crippen molar-refractivity contribution in [2.24, 2.45) is 0 Å². The third-order valence-electron chi connectivity index (χ3n) is 3.38. The molecule has 102 valence electrons. The van der Waals surface area contributed by atoms with Crippen molar-refractivity contribution in [3.8, 4) is 0 Å². The van der Waals surface area contributed by atoms with Crippen LogP contribution in [-0.2, 0) is 0 Å². The highest BCUT2D eigenvalue weighted by Gasteiger charge is 2.23. The molecule has 17 heavy (non-hydrogen) atoms. The first-order valence-electron chi connectivity index (χ1n) is 6.68. The average Bonchev–Trinajstić information content (AvgIpc) is 2.38. The van der Waals surface area contributed by atoms with E-state index in [0.717, 1.165) is 6.54 Å². The Bertz CT molecular complexity index is 219. The number of likely N-dealkylation sites (tertiary alicyclic amines) is 1. The zero-order valence-electron chi connectivity index (χ0n) is 11.9. The van der Waals surface area contributed by atoms with Gasteiger partial charge in [0.2, 0.25) is 0 Å². The Morgan fingerprint density at radius 2 is 2.06 bits per heavy atom. The SMILES string of the molecule is CN(C)CC(C)(O)CNC1CCCN(C)CC1. The molecular formula is C13H29N3O. The summed E-state index contributed by atoms with van der Waals surface area (Å²) in [5, 5.41) is 13.7. The number of hydrogen-bond acceptors (Lipinski definition) is 4. The Morgan fingerprint density at radius 3 is 2.71 bits per heavy atom. The molecule has 0 aromatic rings. The Hall–Kier alpha value is -0.160. The lowest BCUT2D eigenvalue weighted by Crippen LogP contribution is -2.48. The van der Waals surface area contributed by atoms with E-state index in [0.29, 0.717) is 19.1 Å². The molecule has 0 aliphatic carbocycles. The molecular weight excluding hydrogens is 214 g/mol. The van der Waals surface area contributed by atoms with Gasteiger partial charge >= 0.3 is 0 Å². The summed E-state index contributed by atoms with van der Waals surface area (Å²) >= 11 is 0. The highest BCUT2D eigenvalue weighted by atomic mass is 16.3. The fraction of sp³-hybridized carbons (Fsp3) is 1.00. The van der Waals surface area contributed by atoms with Gasteiger partial charge in [-0.25, -0.2) is 0 Å². The van der Waals surface area contributed by atoms with E-state index < -0.39 is 5.60 Å². The fourth-order valence-corrected chi connectivity index (χ4v) is 2.55. The van der Waals surface area contributed by atoms with E-state index in [4.69, 9.17) is 0 Å². The van der Waals surface area contributed by atoms with Crippen molar-refractivity contribution in [1.82, 2.24) is 15.1 Å². The van der Waals surface area contributed by atoms with Crippen molar-refractivity contribution in [2.75, 3.05) is 47.3 Å². The number of nitrogens with one attached hydrogen (secondary N) is 1. The lowest BCUT2D eigenvalue weighted by Gasteiger charge is -2.29. The molecule has 0 spiro atoms. The smallest absolute Gasteiger partial charge is 0.0869 e. The summed E-state index contributed by atoms with van der Waals surface area (Å²) in [5.74, 6) is 0. The van der Waals surface area contributed by atoms with Gasteiger partial charge in [0.05, 0.1) is 5.60 Å². The van der Waals surface area contributed by atoms with Gasteiger partial charge in [-0.15, -0.1) is 0 Å². The number of likely N-dealkylation sites (N-methyl/N-ethyl adjacent to an activating group) is 1. The minimum absolute atomic E-state index is 0.564. The van der Waals surface area contributed by atoms with Crippen LogP contribution in [0.2, 0.25) is 0 Å². The van der Waals surface area contributed by atoms with Gasteiger partial charge in [-0.1, -0.05) is 0 Å². The van der Waals surface area contributed by atoms with Crippen molar-refractivity contribution in [2.45, 2.75) is 37.8 Å². The van der Waals surface area contributed by atoms with E-state index in [-0.39, 0.29) is 0 Å². The standard InChI is InChI=1S/C13H29N3O/c1-13(17,11-15(2)3)10-14-12-6-5-8-16(4)9-7-12/h12,14,17H,5-11H2,1-4H3. The van der Waals surface area contributed by atoms with Crippen LogP contribution >= 0.6 is 0 Å². The lowest BCUT2D eigenvalue weighted by atomic mass is 10.0. The van der Waals surface area contributed by atoms with E-state index in [1.807, 2.05) is 25.9 Å². The third kappa shape index (κ3) is 6.36. The minimum Gasteiger partial charge on any atom is -0.388 e. The Labute approximate surface area is 106 Å². The second-order valence-electron chi connectivity index (χ2n) is 6.05. The molecule has 1 aliphatic heterocycles. The van der Waals surface area contributed by atoms with Gasteiger partial charge in [0.25, 0.3) is 0 Å². The van der Waals surface area contributed by atoms with Crippen LogP contribution in [0.25, 0.3) is 0 Å². The number of aliphatic hydroxyl groups is 1. The van der Waals surface area contributed by atoms with Gasteiger partial charge in [0, 0.05) is 19.1 Å². The van der Waals surface area contributed by atoms with Gasteiger partial charge in [0.1, 0.15) is 0 Å². The molecule has 1 rings (SSSR count). The van der Waals surface area contributed by atoms with Crippen molar-refractivity contribution in [1.29, 1.82) is 0 Å². The number of nitrogens with zero attached hydrogens (tertiary/aromatic N) is 2. The number of hydrogen-bond donors (Lipinski definition) is 2. The maximum atomic E-state index is 10.2. The normalized spacial score (nSPS) is 26.8. The first kappa shape index (κ1) is 14.9. The molecule has 0 saturated carbocycles. The molecule has 0 amide bonds. The molecule has 0 radical (unpaired) electrons. The highest BCUT2D eigenvalue weighted by Crippen LogP contribution is 2.11. The molecule has 0 aromatic carbocycles. The summed E-state index contributed by atoms with van der Waals surface area (Å²) in [7, 11) is 6.18. The van der Waals surface area contributed by atoms with Crippen LogP contribution in [0, 0.1) is 0 Å². The van der Waals surface area contributed by atoms with Crippen LogP contribution in [0.4, 0.5) is 0 Å². The first-order chi connectivity index (χ1) is 7.89.